The molecule has 1 aromatic heterocycles. The fourth-order valence-corrected chi connectivity index (χ4v) is 3.40. The van der Waals surface area contributed by atoms with Gasteiger partial charge in [0.25, 0.3) is 0 Å². The lowest BCUT2D eigenvalue weighted by Gasteiger charge is -2.25. The summed E-state index contributed by atoms with van der Waals surface area (Å²) >= 11 is 6.04. The number of fused-ring (bicyclic) bond motifs is 1. The highest BCUT2D eigenvalue weighted by Crippen LogP contribution is 2.37. The smallest absolute Gasteiger partial charge is 0.134 e. The van der Waals surface area contributed by atoms with Gasteiger partial charge in [-0.15, -0.1) is 0 Å². The zero-order valence-electron chi connectivity index (χ0n) is 11.9. The highest BCUT2D eigenvalue weighted by molar-refractivity contribution is 6.31. The summed E-state index contributed by atoms with van der Waals surface area (Å²) < 4.78 is 11.8. The van der Waals surface area contributed by atoms with Crippen molar-refractivity contribution in [2.24, 2.45) is 5.92 Å². The zero-order valence-corrected chi connectivity index (χ0v) is 12.6. The first-order valence-corrected chi connectivity index (χ1v) is 7.58. The standard InChI is InChI=1S/C16H20ClNO2/c1-3-13-12(6-7-19-13)16(18-2)15-9-10-8-11(17)4-5-14(10)20-15/h4-5,8-9,12-13,16,18H,3,6-7H2,1-2H3. The van der Waals surface area contributed by atoms with Crippen LogP contribution in [0.3, 0.4) is 0 Å². The maximum absolute atomic E-state index is 6.04. The molecule has 1 fully saturated rings. The highest BCUT2D eigenvalue weighted by atomic mass is 35.5. The van der Waals surface area contributed by atoms with Gasteiger partial charge in [-0.3, -0.25) is 0 Å². The molecule has 3 unspecified atom stereocenters. The van der Waals surface area contributed by atoms with Crippen molar-refractivity contribution in [2.75, 3.05) is 13.7 Å². The number of nitrogens with one attached hydrogen (secondary N) is 1. The first-order chi connectivity index (χ1) is 9.72. The summed E-state index contributed by atoms with van der Waals surface area (Å²) in [5.74, 6) is 1.43. The monoisotopic (exact) mass is 293 g/mol. The fourth-order valence-electron chi connectivity index (χ4n) is 3.22. The van der Waals surface area contributed by atoms with Crippen molar-refractivity contribution in [2.45, 2.75) is 31.9 Å². The van der Waals surface area contributed by atoms with Gasteiger partial charge in [0, 0.05) is 22.9 Å². The van der Waals surface area contributed by atoms with Crippen LogP contribution in [0.25, 0.3) is 11.0 Å². The SMILES string of the molecule is CCC1OCCC1C(NC)c1cc2cc(Cl)ccc2o1. The molecule has 1 saturated heterocycles. The Balaban J connectivity index is 1.94. The number of ether oxygens (including phenoxy) is 1. The Morgan fingerprint density at radius 3 is 3.00 bits per heavy atom. The van der Waals surface area contributed by atoms with Crippen molar-refractivity contribution in [1.82, 2.24) is 5.32 Å². The van der Waals surface area contributed by atoms with Gasteiger partial charge in [0.15, 0.2) is 0 Å². The van der Waals surface area contributed by atoms with Crippen molar-refractivity contribution in [3.63, 3.8) is 0 Å². The van der Waals surface area contributed by atoms with Gasteiger partial charge in [0.2, 0.25) is 0 Å². The zero-order chi connectivity index (χ0) is 14.1. The van der Waals surface area contributed by atoms with Crippen molar-refractivity contribution in [1.29, 1.82) is 0 Å². The van der Waals surface area contributed by atoms with E-state index < -0.39 is 0 Å². The minimum absolute atomic E-state index is 0.189. The van der Waals surface area contributed by atoms with Crippen LogP contribution in [-0.2, 0) is 4.74 Å². The Kier molecular flexibility index (Phi) is 4.01. The van der Waals surface area contributed by atoms with Gasteiger partial charge >= 0.3 is 0 Å². The van der Waals surface area contributed by atoms with Crippen molar-refractivity contribution in [3.05, 3.63) is 35.0 Å². The van der Waals surface area contributed by atoms with Gasteiger partial charge in [0.05, 0.1) is 12.1 Å². The second-order valence-electron chi connectivity index (χ2n) is 5.37. The number of hydrogen-bond acceptors (Lipinski definition) is 3. The van der Waals surface area contributed by atoms with Gasteiger partial charge in [-0.2, -0.15) is 0 Å². The molecule has 4 heteroatoms. The maximum atomic E-state index is 6.04. The molecular formula is C16H20ClNO2. The molecule has 2 heterocycles. The molecule has 1 aromatic carbocycles. The highest BCUT2D eigenvalue weighted by Gasteiger charge is 2.35. The van der Waals surface area contributed by atoms with Gasteiger partial charge < -0.3 is 14.5 Å². The summed E-state index contributed by atoms with van der Waals surface area (Å²) in [6.45, 7) is 3.02. The molecule has 0 spiro atoms. The first kappa shape index (κ1) is 13.9. The normalized spacial score (nSPS) is 24.4. The van der Waals surface area contributed by atoms with Crippen LogP contribution in [0.5, 0.6) is 0 Å². The largest absolute Gasteiger partial charge is 0.459 e. The predicted molar refractivity (Wildman–Crippen MR) is 81.2 cm³/mol. The molecule has 108 valence electrons. The first-order valence-electron chi connectivity index (χ1n) is 7.20. The van der Waals surface area contributed by atoms with Crippen LogP contribution in [0, 0.1) is 5.92 Å². The van der Waals surface area contributed by atoms with Gasteiger partial charge in [-0.05, 0) is 44.2 Å². The van der Waals surface area contributed by atoms with E-state index in [-0.39, 0.29) is 6.04 Å². The molecule has 20 heavy (non-hydrogen) atoms. The minimum Gasteiger partial charge on any atom is -0.459 e. The van der Waals surface area contributed by atoms with Crippen LogP contribution in [0.4, 0.5) is 0 Å². The molecule has 2 aromatic rings. The number of benzene rings is 1. The summed E-state index contributed by atoms with van der Waals surface area (Å²) in [5, 5.41) is 5.19. The van der Waals surface area contributed by atoms with Gasteiger partial charge in [-0.1, -0.05) is 18.5 Å². The van der Waals surface area contributed by atoms with Crippen molar-refractivity contribution < 1.29 is 9.15 Å². The topological polar surface area (TPSA) is 34.4 Å². The second kappa shape index (κ2) is 5.76. The molecule has 1 aliphatic rings. The molecule has 0 amide bonds. The Hall–Kier alpha value is -1.03. The van der Waals surface area contributed by atoms with E-state index in [2.05, 4.69) is 18.3 Å². The average molecular weight is 294 g/mol. The van der Waals surface area contributed by atoms with Crippen molar-refractivity contribution >= 4 is 22.6 Å². The van der Waals surface area contributed by atoms with Crippen LogP contribution in [0.15, 0.2) is 28.7 Å². The summed E-state index contributed by atoms with van der Waals surface area (Å²) in [7, 11) is 1.98. The van der Waals surface area contributed by atoms with Crippen LogP contribution >= 0.6 is 11.6 Å². The van der Waals surface area contributed by atoms with Gasteiger partial charge in [-0.25, -0.2) is 0 Å². The lowest BCUT2D eigenvalue weighted by atomic mass is 9.90. The molecule has 0 radical (unpaired) electrons. The molecule has 1 N–H and O–H groups in total. The Labute approximate surface area is 124 Å². The van der Waals surface area contributed by atoms with E-state index in [1.54, 1.807) is 0 Å². The molecule has 3 atom stereocenters. The van der Waals surface area contributed by atoms with E-state index >= 15 is 0 Å². The second-order valence-corrected chi connectivity index (χ2v) is 5.80. The van der Waals surface area contributed by atoms with E-state index in [9.17, 15) is 0 Å². The van der Waals surface area contributed by atoms with E-state index in [4.69, 9.17) is 20.8 Å². The van der Waals surface area contributed by atoms with Crippen LogP contribution < -0.4 is 5.32 Å². The quantitative estimate of drug-likeness (QED) is 0.919. The lowest BCUT2D eigenvalue weighted by molar-refractivity contribution is 0.0759. The predicted octanol–water partition coefficient (Wildman–Crippen LogP) is 4.16. The number of hydrogen-bond donors (Lipinski definition) is 1. The molecular weight excluding hydrogens is 274 g/mol. The average Bonchev–Trinajstić information content (AvgIpc) is 3.05. The minimum atomic E-state index is 0.189. The molecule has 0 bridgehead atoms. The Morgan fingerprint density at radius 2 is 2.25 bits per heavy atom. The Bertz CT molecular complexity index is 595. The van der Waals surface area contributed by atoms with Crippen molar-refractivity contribution in [3.8, 4) is 0 Å². The van der Waals surface area contributed by atoms with E-state index in [1.807, 2.05) is 25.2 Å². The lowest BCUT2D eigenvalue weighted by Crippen LogP contribution is -2.30. The van der Waals surface area contributed by atoms with Gasteiger partial charge in [0.1, 0.15) is 11.3 Å². The third-order valence-electron chi connectivity index (χ3n) is 4.21. The number of furan rings is 1. The summed E-state index contributed by atoms with van der Waals surface area (Å²) in [4.78, 5) is 0. The molecule has 0 aliphatic carbocycles. The molecule has 1 aliphatic heterocycles. The fraction of sp³-hybridized carbons (Fsp3) is 0.500. The van der Waals surface area contributed by atoms with Crippen LogP contribution in [0.2, 0.25) is 5.02 Å². The summed E-state index contributed by atoms with van der Waals surface area (Å²) in [6, 6.07) is 8.01. The number of halogens is 1. The molecule has 0 saturated carbocycles. The molecule has 3 nitrogen and oxygen atoms in total. The molecule has 3 rings (SSSR count). The Morgan fingerprint density at radius 1 is 1.40 bits per heavy atom. The van der Waals surface area contributed by atoms with Crippen LogP contribution in [0.1, 0.15) is 31.6 Å². The maximum Gasteiger partial charge on any atom is 0.134 e. The van der Waals surface area contributed by atoms with E-state index in [1.165, 1.54) is 0 Å². The summed E-state index contributed by atoms with van der Waals surface area (Å²) in [6.07, 6.45) is 2.42. The van der Waals surface area contributed by atoms with Crippen LogP contribution in [-0.4, -0.2) is 19.8 Å². The number of rotatable bonds is 4. The van der Waals surface area contributed by atoms with E-state index in [0.29, 0.717) is 12.0 Å². The van der Waals surface area contributed by atoms with E-state index in [0.717, 1.165) is 41.2 Å². The summed E-state index contributed by atoms with van der Waals surface area (Å²) in [5.41, 5.74) is 0.886. The third kappa shape index (κ3) is 2.46. The third-order valence-corrected chi connectivity index (χ3v) is 4.44.